The Morgan fingerprint density at radius 2 is 1.52 bits per heavy atom. The Morgan fingerprint density at radius 1 is 0.852 bits per heavy atom. The molecule has 132 valence electrons. The number of aromatic nitrogens is 2. The third-order valence-electron chi connectivity index (χ3n) is 4.05. The number of halogens is 1. The van der Waals surface area contributed by atoms with Crippen molar-refractivity contribution >= 4 is 27.8 Å². The van der Waals surface area contributed by atoms with E-state index in [1.54, 1.807) is 6.21 Å². The first-order valence-electron chi connectivity index (χ1n) is 8.55. The molecule has 0 atom stereocenters. The molecule has 0 aliphatic rings. The quantitative estimate of drug-likeness (QED) is 0.332. The van der Waals surface area contributed by atoms with Gasteiger partial charge < -0.3 is 0 Å². The Kier molecular flexibility index (Phi) is 5.12. The van der Waals surface area contributed by atoms with Gasteiger partial charge in [-0.15, -0.1) is 0 Å². The molecule has 0 spiro atoms. The van der Waals surface area contributed by atoms with Crippen molar-refractivity contribution in [3.8, 4) is 16.9 Å². The fourth-order valence-electron chi connectivity index (χ4n) is 2.72. The van der Waals surface area contributed by atoms with Gasteiger partial charge in [0.05, 0.1) is 17.6 Å². The van der Waals surface area contributed by atoms with Gasteiger partial charge in [-0.2, -0.15) is 10.2 Å². The van der Waals surface area contributed by atoms with Crippen molar-refractivity contribution in [3.05, 3.63) is 101 Å². The maximum atomic E-state index is 4.78. The average Bonchev–Trinajstić information content (AvgIpc) is 3.15. The van der Waals surface area contributed by atoms with Gasteiger partial charge in [0.15, 0.2) is 0 Å². The Hall–Kier alpha value is -3.18. The molecule has 0 saturated heterocycles. The topological polar surface area (TPSA) is 42.2 Å². The SMILES string of the molecule is Brc1ccc(N/N=C\c2cn(-c3ccccc3)nc2-c2ccccc2)cc1. The van der Waals surface area contributed by atoms with Crippen LogP contribution in [0.25, 0.3) is 16.9 Å². The fourth-order valence-corrected chi connectivity index (χ4v) is 2.98. The predicted octanol–water partition coefficient (Wildman–Crippen LogP) is 5.75. The van der Waals surface area contributed by atoms with E-state index in [9.17, 15) is 0 Å². The van der Waals surface area contributed by atoms with Crippen molar-refractivity contribution in [1.82, 2.24) is 9.78 Å². The molecule has 3 aromatic carbocycles. The van der Waals surface area contributed by atoms with Crippen LogP contribution in [-0.2, 0) is 0 Å². The summed E-state index contributed by atoms with van der Waals surface area (Å²) >= 11 is 3.43. The lowest BCUT2D eigenvalue weighted by Gasteiger charge is -2.00. The van der Waals surface area contributed by atoms with Gasteiger partial charge in [-0.3, -0.25) is 5.43 Å². The van der Waals surface area contributed by atoms with Gasteiger partial charge in [-0.25, -0.2) is 4.68 Å². The van der Waals surface area contributed by atoms with Crippen molar-refractivity contribution in [2.45, 2.75) is 0 Å². The molecule has 0 radical (unpaired) electrons. The molecule has 0 saturated carbocycles. The number of benzene rings is 3. The van der Waals surface area contributed by atoms with E-state index in [1.165, 1.54) is 0 Å². The maximum Gasteiger partial charge on any atom is 0.102 e. The number of anilines is 1. The van der Waals surface area contributed by atoms with Gasteiger partial charge in [-0.05, 0) is 36.4 Å². The summed E-state index contributed by atoms with van der Waals surface area (Å²) < 4.78 is 2.91. The standard InChI is InChI=1S/C22H17BrN4/c23-19-11-13-20(14-12-19)25-24-15-18-16-27(21-9-5-2-6-10-21)26-22(18)17-7-3-1-4-8-17/h1-16,25H/b24-15-. The monoisotopic (exact) mass is 416 g/mol. The van der Waals surface area contributed by atoms with Crippen LogP contribution in [0.3, 0.4) is 0 Å². The van der Waals surface area contributed by atoms with Crippen LogP contribution in [0, 0.1) is 0 Å². The van der Waals surface area contributed by atoms with E-state index in [-0.39, 0.29) is 0 Å². The molecular formula is C22H17BrN4. The van der Waals surface area contributed by atoms with E-state index in [4.69, 9.17) is 5.10 Å². The van der Waals surface area contributed by atoms with Gasteiger partial charge in [0.25, 0.3) is 0 Å². The number of hydrogen-bond donors (Lipinski definition) is 1. The molecule has 4 aromatic rings. The Labute approximate surface area is 166 Å². The summed E-state index contributed by atoms with van der Waals surface area (Å²) in [6.07, 6.45) is 3.79. The second kappa shape index (κ2) is 8.01. The lowest BCUT2D eigenvalue weighted by molar-refractivity contribution is 0.884. The number of hydrogen-bond acceptors (Lipinski definition) is 3. The first-order valence-corrected chi connectivity index (χ1v) is 9.34. The number of rotatable bonds is 5. The average molecular weight is 417 g/mol. The van der Waals surface area contributed by atoms with Crippen LogP contribution >= 0.6 is 15.9 Å². The van der Waals surface area contributed by atoms with Crippen LogP contribution in [0.4, 0.5) is 5.69 Å². The Morgan fingerprint density at radius 3 is 2.22 bits per heavy atom. The molecule has 1 heterocycles. The molecule has 1 N–H and O–H groups in total. The number of nitrogens with zero attached hydrogens (tertiary/aromatic N) is 3. The molecule has 0 amide bonds. The summed E-state index contributed by atoms with van der Waals surface area (Å²) in [4.78, 5) is 0. The third-order valence-corrected chi connectivity index (χ3v) is 4.58. The lowest BCUT2D eigenvalue weighted by Crippen LogP contribution is -1.93. The van der Waals surface area contributed by atoms with Crippen molar-refractivity contribution in [2.24, 2.45) is 5.10 Å². The minimum Gasteiger partial charge on any atom is -0.279 e. The molecule has 27 heavy (non-hydrogen) atoms. The fraction of sp³-hybridized carbons (Fsp3) is 0. The van der Waals surface area contributed by atoms with Crippen LogP contribution < -0.4 is 5.43 Å². The molecule has 0 bridgehead atoms. The van der Waals surface area contributed by atoms with Crippen LogP contribution in [0.15, 0.2) is 101 Å². The number of nitrogens with one attached hydrogen (secondary N) is 1. The molecule has 1 aromatic heterocycles. The zero-order valence-corrected chi connectivity index (χ0v) is 16.0. The molecule has 0 fully saturated rings. The molecule has 0 aliphatic heterocycles. The lowest BCUT2D eigenvalue weighted by atomic mass is 10.1. The molecule has 0 unspecified atom stereocenters. The minimum absolute atomic E-state index is 0.890. The van der Waals surface area contributed by atoms with Gasteiger partial charge in [0.1, 0.15) is 5.69 Å². The zero-order valence-electron chi connectivity index (χ0n) is 14.5. The number of hydrazone groups is 1. The van der Waals surface area contributed by atoms with Crippen LogP contribution in [0.2, 0.25) is 0 Å². The predicted molar refractivity (Wildman–Crippen MR) is 114 cm³/mol. The van der Waals surface area contributed by atoms with Crippen LogP contribution in [-0.4, -0.2) is 16.0 Å². The van der Waals surface area contributed by atoms with Gasteiger partial charge in [0, 0.05) is 21.8 Å². The normalized spacial score (nSPS) is 11.0. The highest BCUT2D eigenvalue weighted by atomic mass is 79.9. The van der Waals surface area contributed by atoms with Gasteiger partial charge >= 0.3 is 0 Å². The summed E-state index contributed by atoms with van der Waals surface area (Å²) in [7, 11) is 0. The van der Waals surface area contributed by atoms with Crippen molar-refractivity contribution < 1.29 is 0 Å². The van der Waals surface area contributed by atoms with E-state index in [2.05, 4.69) is 38.6 Å². The molecule has 4 rings (SSSR count). The number of para-hydroxylation sites is 1. The molecule has 4 nitrogen and oxygen atoms in total. The van der Waals surface area contributed by atoms with Crippen LogP contribution in [0.1, 0.15) is 5.56 Å². The molecule has 5 heteroatoms. The van der Waals surface area contributed by atoms with E-state index in [1.807, 2.05) is 83.7 Å². The first kappa shape index (κ1) is 17.2. The Balaban J connectivity index is 1.66. The summed E-state index contributed by atoms with van der Waals surface area (Å²) in [5, 5.41) is 9.17. The van der Waals surface area contributed by atoms with E-state index < -0.39 is 0 Å². The third kappa shape index (κ3) is 4.15. The Bertz CT molecular complexity index is 1040. The molecule has 0 aliphatic carbocycles. The summed E-state index contributed by atoms with van der Waals surface area (Å²) in [6, 6.07) is 28.1. The van der Waals surface area contributed by atoms with Crippen LogP contribution in [0.5, 0.6) is 0 Å². The van der Waals surface area contributed by atoms with E-state index in [0.29, 0.717) is 0 Å². The van der Waals surface area contributed by atoms with E-state index >= 15 is 0 Å². The largest absolute Gasteiger partial charge is 0.279 e. The second-order valence-corrected chi connectivity index (χ2v) is 6.87. The molecular weight excluding hydrogens is 400 g/mol. The summed E-state index contributed by atoms with van der Waals surface area (Å²) in [5.41, 5.74) is 7.87. The van der Waals surface area contributed by atoms with Crippen molar-refractivity contribution in [1.29, 1.82) is 0 Å². The van der Waals surface area contributed by atoms with Crippen molar-refractivity contribution in [3.63, 3.8) is 0 Å². The van der Waals surface area contributed by atoms with Crippen molar-refractivity contribution in [2.75, 3.05) is 5.43 Å². The first-order chi connectivity index (χ1) is 13.3. The zero-order chi connectivity index (χ0) is 18.5. The maximum absolute atomic E-state index is 4.78. The minimum atomic E-state index is 0.890. The highest BCUT2D eigenvalue weighted by molar-refractivity contribution is 9.10. The van der Waals surface area contributed by atoms with Gasteiger partial charge in [0.2, 0.25) is 0 Å². The smallest absolute Gasteiger partial charge is 0.102 e. The highest BCUT2D eigenvalue weighted by Crippen LogP contribution is 2.22. The summed E-state index contributed by atoms with van der Waals surface area (Å²) in [6.45, 7) is 0. The second-order valence-electron chi connectivity index (χ2n) is 5.96. The van der Waals surface area contributed by atoms with E-state index in [0.717, 1.165) is 32.7 Å². The van der Waals surface area contributed by atoms with Gasteiger partial charge in [-0.1, -0.05) is 64.5 Å². The summed E-state index contributed by atoms with van der Waals surface area (Å²) in [5.74, 6) is 0. The highest BCUT2D eigenvalue weighted by Gasteiger charge is 2.10.